The topological polar surface area (TPSA) is 124 Å². The summed E-state index contributed by atoms with van der Waals surface area (Å²) in [7, 11) is 5.59. The molecule has 0 aliphatic carbocycles. The number of rotatable bonds is 18. The van der Waals surface area contributed by atoms with Gasteiger partial charge in [-0.3, -0.25) is 0 Å². The summed E-state index contributed by atoms with van der Waals surface area (Å²) in [6.07, 6.45) is 2.93. The van der Waals surface area contributed by atoms with Crippen molar-refractivity contribution in [3.8, 4) is 17.6 Å². The molecule has 12 nitrogen and oxygen atoms in total. The van der Waals surface area contributed by atoms with E-state index < -0.39 is 32.4 Å². The zero-order valence-corrected chi connectivity index (χ0v) is 34.8. The molecule has 0 N–H and O–H groups in total. The lowest BCUT2D eigenvalue weighted by atomic mass is 9.80. The molecule has 0 saturated carbocycles. The first kappa shape index (κ1) is 42.7. The lowest BCUT2D eigenvalue weighted by Crippen LogP contribution is -2.39. The second kappa shape index (κ2) is 20.1. The maximum atomic E-state index is 9.35. The van der Waals surface area contributed by atoms with E-state index in [1.165, 1.54) is 0 Å². The van der Waals surface area contributed by atoms with E-state index in [9.17, 15) is 5.26 Å². The van der Waals surface area contributed by atoms with Gasteiger partial charge in [0.2, 0.25) is 0 Å². The van der Waals surface area contributed by atoms with Crippen molar-refractivity contribution in [2.24, 2.45) is 4.99 Å². The van der Waals surface area contributed by atoms with Crippen LogP contribution in [0.25, 0.3) is 0 Å². The zero-order valence-electron chi connectivity index (χ0n) is 34.0. The normalized spacial score (nSPS) is 18.0. The second-order valence-corrected chi connectivity index (χ2v) is 15.7. The Morgan fingerprint density at radius 1 is 0.893 bits per heavy atom. The highest BCUT2D eigenvalue weighted by atomic mass is 31.2. The van der Waals surface area contributed by atoms with Crippen molar-refractivity contribution in [2.75, 3.05) is 41.5 Å². The minimum absolute atomic E-state index is 0.124. The Morgan fingerprint density at radius 3 is 1.95 bits per heavy atom. The average molecular weight is 783 g/mol. The van der Waals surface area contributed by atoms with Gasteiger partial charge in [-0.25, -0.2) is 14.6 Å². The van der Waals surface area contributed by atoms with Gasteiger partial charge in [-0.15, -0.1) is 0 Å². The Kier molecular flexibility index (Phi) is 15.3. The van der Waals surface area contributed by atoms with Crippen molar-refractivity contribution in [3.05, 3.63) is 114 Å². The van der Waals surface area contributed by atoms with Gasteiger partial charge in [0, 0.05) is 50.6 Å². The third-order valence-corrected chi connectivity index (χ3v) is 11.8. The van der Waals surface area contributed by atoms with Crippen molar-refractivity contribution in [2.45, 2.75) is 83.5 Å². The van der Waals surface area contributed by atoms with Crippen LogP contribution in [-0.2, 0) is 24.1 Å². The summed E-state index contributed by atoms with van der Waals surface area (Å²) in [4.78, 5) is 15.5. The summed E-state index contributed by atoms with van der Waals surface area (Å²) in [5.41, 5.74) is 2.50. The number of aromatic nitrogens is 2. The van der Waals surface area contributed by atoms with E-state index in [-0.39, 0.29) is 31.7 Å². The van der Waals surface area contributed by atoms with E-state index >= 15 is 0 Å². The van der Waals surface area contributed by atoms with Crippen LogP contribution in [0.1, 0.15) is 75.8 Å². The highest BCUT2D eigenvalue weighted by Gasteiger charge is 2.45. The maximum Gasteiger partial charge on any atom is 0.259 e. The minimum Gasteiger partial charge on any atom is -0.497 e. The largest absolute Gasteiger partial charge is 0.497 e. The number of methoxy groups -OCH3 is 2. The molecule has 2 heterocycles. The van der Waals surface area contributed by atoms with Gasteiger partial charge in [-0.1, -0.05) is 54.6 Å². The maximum absolute atomic E-state index is 9.35. The molecule has 1 unspecified atom stereocenters. The molecule has 0 amide bonds. The molecule has 13 heteroatoms. The quantitative estimate of drug-likeness (QED) is 0.0317. The Hall–Kier alpha value is -4.47. The molecule has 0 bridgehead atoms. The Morgan fingerprint density at radius 2 is 1.45 bits per heavy atom. The molecule has 1 aliphatic heterocycles. The Labute approximate surface area is 333 Å². The van der Waals surface area contributed by atoms with Crippen LogP contribution in [0.3, 0.4) is 0 Å². The smallest absolute Gasteiger partial charge is 0.259 e. The van der Waals surface area contributed by atoms with Crippen LogP contribution < -0.4 is 9.47 Å². The van der Waals surface area contributed by atoms with E-state index in [2.05, 4.69) is 65.5 Å². The van der Waals surface area contributed by atoms with Crippen molar-refractivity contribution >= 4 is 20.3 Å². The van der Waals surface area contributed by atoms with Crippen LogP contribution in [0.4, 0.5) is 5.95 Å². The zero-order chi connectivity index (χ0) is 40.2. The Balaban J connectivity index is 1.57. The third-order valence-electron chi connectivity index (χ3n) is 9.66. The van der Waals surface area contributed by atoms with Crippen molar-refractivity contribution < 1.29 is 28.0 Å². The third kappa shape index (κ3) is 10.3. The number of nitrogens with zero attached hydrogens (tertiary/aromatic N) is 6. The minimum atomic E-state index is -1.58. The van der Waals surface area contributed by atoms with Gasteiger partial charge >= 0.3 is 0 Å². The van der Waals surface area contributed by atoms with Crippen LogP contribution in [0.15, 0.2) is 96.2 Å². The standard InChI is InChI=1S/C43H55N6O6P/c1-30(2)49(31(3)4)56(53-25-13-24-44)55-40-26-39(33-27-45-42(46-28-33)47-32(5)48(6)7)54-41(40)29-52-43(34-14-11-10-12-15-34,35-16-20-37(50-8)21-17-35)36-18-22-38(51-9)23-19-36/h10-12,14-23,27-28,30-31,39-41H,13,25-26,29H2,1-9H3/b47-32+/t39-,40+,41-,56?/m1/s1. The van der Waals surface area contributed by atoms with Crippen LogP contribution in [0.2, 0.25) is 0 Å². The number of aliphatic imine (C=N–C) groups is 1. The van der Waals surface area contributed by atoms with Crippen molar-refractivity contribution in [1.29, 1.82) is 5.26 Å². The second-order valence-electron chi connectivity index (χ2n) is 14.3. The summed E-state index contributed by atoms with van der Waals surface area (Å²) in [6.45, 7) is 10.8. The monoisotopic (exact) mass is 782 g/mol. The lowest BCUT2D eigenvalue weighted by molar-refractivity contribution is -0.0807. The number of nitriles is 1. The average Bonchev–Trinajstić information content (AvgIpc) is 3.61. The molecular weight excluding hydrogens is 727 g/mol. The summed E-state index contributed by atoms with van der Waals surface area (Å²) < 4.78 is 40.9. The molecule has 0 radical (unpaired) electrons. The van der Waals surface area contributed by atoms with Gasteiger partial charge in [0.05, 0.1) is 52.1 Å². The number of benzene rings is 3. The first-order valence-corrected chi connectivity index (χ1v) is 20.1. The number of amidine groups is 1. The summed E-state index contributed by atoms with van der Waals surface area (Å²) in [5, 5.41) is 9.35. The van der Waals surface area contributed by atoms with Crippen LogP contribution in [0, 0.1) is 11.3 Å². The highest BCUT2D eigenvalue weighted by molar-refractivity contribution is 7.44. The molecule has 1 aliphatic rings. The fourth-order valence-corrected chi connectivity index (χ4v) is 8.44. The van der Waals surface area contributed by atoms with Gasteiger partial charge in [0.25, 0.3) is 14.5 Å². The predicted molar refractivity (Wildman–Crippen MR) is 219 cm³/mol. The number of hydrogen-bond acceptors (Lipinski definition) is 11. The molecule has 56 heavy (non-hydrogen) atoms. The SMILES string of the molecule is COc1ccc(C(OC[C@H]2O[C@@H](c3cnc(/N=C(\C)N(C)C)nc3)C[C@@H]2OP(OCCC#N)N(C(C)C)C(C)C)(c2ccccc2)c2ccc(OC)cc2)cc1. The predicted octanol–water partition coefficient (Wildman–Crippen LogP) is 8.61. The molecule has 4 atom stereocenters. The van der Waals surface area contributed by atoms with Crippen LogP contribution in [0.5, 0.6) is 11.5 Å². The summed E-state index contributed by atoms with van der Waals surface area (Å²) in [5.74, 6) is 2.64. The molecular formula is C43H55N6O6P. The molecule has 0 spiro atoms. The van der Waals surface area contributed by atoms with Gasteiger partial charge in [0.15, 0.2) is 0 Å². The highest BCUT2D eigenvalue weighted by Crippen LogP contribution is 2.51. The van der Waals surface area contributed by atoms with Crippen molar-refractivity contribution in [1.82, 2.24) is 19.5 Å². The molecule has 1 saturated heterocycles. The fraction of sp³-hybridized carbons (Fsp3) is 0.442. The number of hydrogen-bond donors (Lipinski definition) is 0. The van der Waals surface area contributed by atoms with Gasteiger partial charge in [0.1, 0.15) is 29.0 Å². The first-order chi connectivity index (χ1) is 27.0. The van der Waals surface area contributed by atoms with E-state index in [0.29, 0.717) is 12.4 Å². The van der Waals surface area contributed by atoms with Gasteiger partial charge in [-0.2, -0.15) is 10.3 Å². The van der Waals surface area contributed by atoms with E-state index in [4.69, 9.17) is 28.0 Å². The lowest BCUT2D eigenvalue weighted by Gasteiger charge is -2.39. The van der Waals surface area contributed by atoms with E-state index in [1.54, 1.807) is 26.6 Å². The fourth-order valence-electron chi connectivity index (χ4n) is 6.68. The molecule has 4 aromatic rings. The van der Waals surface area contributed by atoms with E-state index in [0.717, 1.165) is 39.6 Å². The van der Waals surface area contributed by atoms with Gasteiger partial charge < -0.3 is 32.9 Å². The van der Waals surface area contributed by atoms with E-state index in [1.807, 2.05) is 92.6 Å². The van der Waals surface area contributed by atoms with Gasteiger partial charge in [-0.05, 0) is 75.6 Å². The summed E-state index contributed by atoms with van der Waals surface area (Å²) >= 11 is 0. The van der Waals surface area contributed by atoms with Crippen LogP contribution >= 0.6 is 8.53 Å². The van der Waals surface area contributed by atoms with Crippen molar-refractivity contribution in [3.63, 3.8) is 0 Å². The first-order valence-electron chi connectivity index (χ1n) is 18.9. The molecule has 5 rings (SSSR count). The molecule has 298 valence electrons. The Bertz CT molecular complexity index is 1820. The summed E-state index contributed by atoms with van der Waals surface area (Å²) in [6, 6.07) is 28.5. The molecule has 1 fully saturated rings. The molecule has 3 aromatic carbocycles. The molecule has 1 aromatic heterocycles. The van der Waals surface area contributed by atoms with Crippen LogP contribution in [-0.4, -0.2) is 91.2 Å². The number of ether oxygens (including phenoxy) is 4.